The van der Waals surface area contributed by atoms with E-state index >= 15 is 0 Å². The first-order valence-corrected chi connectivity index (χ1v) is 10.7. The van der Waals surface area contributed by atoms with Crippen molar-refractivity contribution < 1.29 is 4.57 Å². The lowest BCUT2D eigenvalue weighted by atomic mass is 9.86. The van der Waals surface area contributed by atoms with E-state index in [2.05, 4.69) is 86.2 Å². The van der Waals surface area contributed by atoms with Crippen molar-refractivity contribution in [3.63, 3.8) is 0 Å². The Labute approximate surface area is 167 Å². The minimum atomic E-state index is -0.0282. The first kappa shape index (κ1) is 17.7. The smallest absolute Gasteiger partial charge is 0.247 e. The molecule has 1 aromatic carbocycles. The summed E-state index contributed by atoms with van der Waals surface area (Å²) in [6.07, 6.45) is 6.79. The fourth-order valence-corrected chi connectivity index (χ4v) is 5.33. The summed E-state index contributed by atoms with van der Waals surface area (Å²) in [6.45, 7) is 11.6. The minimum absolute atomic E-state index is 0.0282. The maximum absolute atomic E-state index is 5.24. The van der Waals surface area contributed by atoms with Crippen molar-refractivity contribution in [2.24, 2.45) is 0 Å². The molecule has 1 aliphatic heterocycles. The second-order valence-corrected chi connectivity index (χ2v) is 9.41. The molecular weight excluding hydrogens is 342 g/mol. The van der Waals surface area contributed by atoms with E-state index in [9.17, 15) is 0 Å². The van der Waals surface area contributed by atoms with Gasteiger partial charge in [0.2, 0.25) is 5.52 Å². The number of imidazole rings is 1. The Morgan fingerprint density at radius 1 is 1.07 bits per heavy atom. The predicted octanol–water partition coefficient (Wildman–Crippen LogP) is 5.69. The van der Waals surface area contributed by atoms with E-state index in [-0.39, 0.29) is 11.0 Å². The molecule has 0 saturated carbocycles. The third-order valence-electron chi connectivity index (χ3n) is 6.94. The largest absolute Gasteiger partial charge is 0.287 e. The molecule has 0 aliphatic carbocycles. The van der Waals surface area contributed by atoms with E-state index in [1.807, 2.05) is 0 Å². The third-order valence-corrected chi connectivity index (χ3v) is 6.94. The SMILES string of the molecule is CCC1(CC)CCc2cccc3nc(C(C)(C)C)c4c(c23)[n+]1c1ccccn41. The van der Waals surface area contributed by atoms with E-state index in [0.717, 1.165) is 24.8 Å². The lowest BCUT2D eigenvalue weighted by Crippen LogP contribution is -2.55. The summed E-state index contributed by atoms with van der Waals surface area (Å²) >= 11 is 0. The number of fused-ring (bicyclic) bond motifs is 3. The number of benzene rings is 1. The van der Waals surface area contributed by atoms with Crippen molar-refractivity contribution >= 4 is 27.6 Å². The molecule has 144 valence electrons. The van der Waals surface area contributed by atoms with Crippen LogP contribution in [0.25, 0.3) is 27.6 Å². The van der Waals surface area contributed by atoms with E-state index in [1.54, 1.807) is 0 Å². The zero-order valence-corrected chi connectivity index (χ0v) is 17.7. The van der Waals surface area contributed by atoms with Crippen LogP contribution >= 0.6 is 0 Å². The quantitative estimate of drug-likeness (QED) is 0.414. The van der Waals surface area contributed by atoms with Crippen molar-refractivity contribution in [2.75, 3.05) is 0 Å². The molecule has 0 spiro atoms. The topological polar surface area (TPSA) is 21.2 Å². The first-order valence-electron chi connectivity index (χ1n) is 10.7. The Balaban J connectivity index is 2.16. The summed E-state index contributed by atoms with van der Waals surface area (Å²) in [5, 5.41) is 1.36. The van der Waals surface area contributed by atoms with E-state index in [4.69, 9.17) is 4.98 Å². The number of aromatic nitrogens is 3. The number of nitrogens with zero attached hydrogens (tertiary/aromatic N) is 3. The van der Waals surface area contributed by atoms with Gasteiger partial charge < -0.3 is 0 Å². The van der Waals surface area contributed by atoms with Crippen LogP contribution in [0.1, 0.15) is 65.1 Å². The molecule has 4 aromatic rings. The van der Waals surface area contributed by atoms with Gasteiger partial charge in [0.05, 0.1) is 22.8 Å². The number of hydrogen-bond acceptors (Lipinski definition) is 1. The number of rotatable bonds is 2. The normalized spacial score (nSPS) is 16.3. The maximum Gasteiger partial charge on any atom is 0.287 e. The number of aryl methyl sites for hydroxylation is 1. The molecule has 0 unspecified atom stereocenters. The average Bonchev–Trinajstić information content (AvgIpc) is 2.95. The molecule has 0 saturated heterocycles. The van der Waals surface area contributed by atoms with Crippen LogP contribution in [0.3, 0.4) is 0 Å². The van der Waals surface area contributed by atoms with Crippen LogP contribution in [0.4, 0.5) is 0 Å². The van der Waals surface area contributed by atoms with E-state index < -0.39 is 0 Å². The molecule has 0 radical (unpaired) electrons. The molecule has 28 heavy (non-hydrogen) atoms. The molecule has 5 rings (SSSR count). The van der Waals surface area contributed by atoms with Crippen molar-refractivity contribution in [3.8, 4) is 0 Å². The van der Waals surface area contributed by atoms with Crippen LogP contribution < -0.4 is 4.57 Å². The van der Waals surface area contributed by atoms with Crippen LogP contribution in [0.2, 0.25) is 0 Å². The molecular formula is C25H30N3+. The van der Waals surface area contributed by atoms with Gasteiger partial charge in [-0.15, -0.1) is 0 Å². The zero-order chi connectivity index (χ0) is 19.7. The Morgan fingerprint density at radius 2 is 1.86 bits per heavy atom. The van der Waals surface area contributed by atoms with Gasteiger partial charge in [-0.05, 0) is 43.4 Å². The fourth-order valence-electron chi connectivity index (χ4n) is 5.33. The summed E-state index contributed by atoms with van der Waals surface area (Å²) in [6, 6.07) is 13.3. The Morgan fingerprint density at radius 3 is 2.57 bits per heavy atom. The van der Waals surface area contributed by atoms with Gasteiger partial charge in [-0.1, -0.05) is 52.8 Å². The van der Waals surface area contributed by atoms with Crippen LogP contribution in [0.5, 0.6) is 0 Å². The molecule has 1 aliphatic rings. The Hall–Kier alpha value is -2.42. The zero-order valence-electron chi connectivity index (χ0n) is 17.7. The summed E-state index contributed by atoms with van der Waals surface area (Å²) in [7, 11) is 0. The lowest BCUT2D eigenvalue weighted by Gasteiger charge is -2.28. The first-order chi connectivity index (χ1) is 13.4. The molecule has 3 heteroatoms. The highest BCUT2D eigenvalue weighted by molar-refractivity contribution is 6.04. The average molecular weight is 373 g/mol. The highest BCUT2D eigenvalue weighted by Gasteiger charge is 2.42. The molecule has 0 fully saturated rings. The Kier molecular flexibility index (Phi) is 3.65. The summed E-state index contributed by atoms with van der Waals surface area (Å²) in [5.41, 5.74) is 7.85. The van der Waals surface area contributed by atoms with Gasteiger partial charge in [0.15, 0.2) is 5.52 Å². The molecule has 3 nitrogen and oxygen atoms in total. The molecule has 0 atom stereocenters. The van der Waals surface area contributed by atoms with Crippen molar-refractivity contribution in [3.05, 3.63) is 53.9 Å². The fraction of sp³-hybridized carbons (Fsp3) is 0.440. The van der Waals surface area contributed by atoms with Crippen LogP contribution in [-0.2, 0) is 17.4 Å². The standard InChI is InChI=1S/C25H30N3/c1-6-25(7-2)15-14-17-11-10-12-18-20(17)21-22(23(26-18)24(3,4)5)27-16-9-8-13-19(27)28(21)25/h8-13,16H,6-7,14-15H2,1-5H3/q+1. The third kappa shape index (κ3) is 2.16. The van der Waals surface area contributed by atoms with Crippen molar-refractivity contribution in [2.45, 2.75) is 71.3 Å². The van der Waals surface area contributed by atoms with Gasteiger partial charge in [0.1, 0.15) is 5.54 Å². The molecule has 4 heterocycles. The van der Waals surface area contributed by atoms with Gasteiger partial charge in [-0.25, -0.2) is 9.55 Å². The second kappa shape index (κ2) is 5.79. The van der Waals surface area contributed by atoms with Gasteiger partial charge in [0, 0.05) is 11.5 Å². The van der Waals surface area contributed by atoms with Crippen LogP contribution in [-0.4, -0.2) is 9.38 Å². The minimum Gasteiger partial charge on any atom is -0.247 e. The lowest BCUT2D eigenvalue weighted by molar-refractivity contribution is -0.721. The summed E-state index contributed by atoms with van der Waals surface area (Å²) in [4.78, 5) is 5.24. The molecule has 0 N–H and O–H groups in total. The maximum atomic E-state index is 5.24. The van der Waals surface area contributed by atoms with Gasteiger partial charge >= 0.3 is 0 Å². The van der Waals surface area contributed by atoms with Gasteiger partial charge in [0.25, 0.3) is 5.65 Å². The van der Waals surface area contributed by atoms with E-state index in [1.165, 1.54) is 39.7 Å². The number of pyridine rings is 2. The van der Waals surface area contributed by atoms with Crippen molar-refractivity contribution in [1.82, 2.24) is 9.38 Å². The van der Waals surface area contributed by atoms with Gasteiger partial charge in [-0.2, -0.15) is 4.40 Å². The summed E-state index contributed by atoms with van der Waals surface area (Å²) < 4.78 is 5.07. The highest BCUT2D eigenvalue weighted by atomic mass is 15.2. The van der Waals surface area contributed by atoms with Crippen LogP contribution in [0.15, 0.2) is 42.6 Å². The predicted molar refractivity (Wildman–Crippen MR) is 116 cm³/mol. The highest BCUT2D eigenvalue weighted by Crippen LogP contribution is 2.40. The van der Waals surface area contributed by atoms with Crippen LogP contribution in [0, 0.1) is 0 Å². The van der Waals surface area contributed by atoms with Crippen molar-refractivity contribution in [1.29, 1.82) is 0 Å². The molecule has 3 aromatic heterocycles. The molecule has 0 amide bonds. The number of hydrogen-bond donors (Lipinski definition) is 0. The monoisotopic (exact) mass is 372 g/mol. The second-order valence-electron chi connectivity index (χ2n) is 9.41. The molecule has 0 bridgehead atoms. The van der Waals surface area contributed by atoms with E-state index in [0.29, 0.717) is 0 Å². The van der Waals surface area contributed by atoms with Gasteiger partial charge in [-0.3, -0.25) is 0 Å². The summed E-state index contributed by atoms with van der Waals surface area (Å²) in [5.74, 6) is 0. The Bertz CT molecular complexity index is 1220.